The van der Waals surface area contributed by atoms with Crippen LogP contribution in [0.3, 0.4) is 0 Å². The Morgan fingerprint density at radius 2 is 1.62 bits per heavy atom. The molecule has 0 bridgehead atoms. The number of benzene rings is 3. The van der Waals surface area contributed by atoms with Crippen molar-refractivity contribution in [2.75, 3.05) is 12.4 Å². The van der Waals surface area contributed by atoms with Crippen molar-refractivity contribution in [3.63, 3.8) is 0 Å². The van der Waals surface area contributed by atoms with Crippen LogP contribution in [0.1, 0.15) is 17.3 Å². The molecule has 26 heavy (non-hydrogen) atoms. The van der Waals surface area contributed by atoms with Crippen molar-refractivity contribution in [3.05, 3.63) is 66.0 Å². The number of methoxy groups -OCH3 is 1. The zero-order valence-corrected chi connectivity index (χ0v) is 14.2. The molecule has 0 fully saturated rings. The van der Waals surface area contributed by atoms with Gasteiger partial charge in [-0.3, -0.25) is 4.79 Å². The van der Waals surface area contributed by atoms with Crippen LogP contribution in [0.15, 0.2) is 54.6 Å². The predicted molar refractivity (Wildman–Crippen MR) is 96.2 cm³/mol. The number of esters is 1. The lowest BCUT2D eigenvalue weighted by Crippen LogP contribution is -2.12. The van der Waals surface area contributed by atoms with E-state index >= 15 is 0 Å². The molecule has 0 radical (unpaired) electrons. The minimum atomic E-state index is -0.850. The number of carbonyl (C=O) groups excluding carboxylic acids is 2. The molecule has 0 saturated heterocycles. The number of amides is 1. The Labute approximate surface area is 149 Å². The Hall–Kier alpha value is -3.41. The highest BCUT2D eigenvalue weighted by molar-refractivity contribution is 5.95. The van der Waals surface area contributed by atoms with Crippen LogP contribution in [-0.4, -0.2) is 19.0 Å². The summed E-state index contributed by atoms with van der Waals surface area (Å²) in [6.07, 6.45) is 0. The first-order chi connectivity index (χ1) is 12.5. The second kappa shape index (κ2) is 7.23. The summed E-state index contributed by atoms with van der Waals surface area (Å²) in [5.74, 6) is -0.946. The Balaban J connectivity index is 1.87. The van der Waals surface area contributed by atoms with Gasteiger partial charge < -0.3 is 14.8 Å². The molecule has 3 aromatic rings. The third-order valence-corrected chi connectivity index (χ3v) is 3.74. The summed E-state index contributed by atoms with van der Waals surface area (Å²) in [6, 6.07) is 14.3. The highest BCUT2D eigenvalue weighted by Gasteiger charge is 2.16. The van der Waals surface area contributed by atoms with E-state index in [1.165, 1.54) is 19.1 Å². The predicted octanol–water partition coefficient (Wildman–Crippen LogP) is 4.17. The average Bonchev–Trinajstić information content (AvgIpc) is 2.62. The lowest BCUT2D eigenvalue weighted by Gasteiger charge is -2.09. The van der Waals surface area contributed by atoms with Crippen LogP contribution in [0, 0.1) is 5.82 Å². The van der Waals surface area contributed by atoms with E-state index < -0.39 is 11.8 Å². The van der Waals surface area contributed by atoms with E-state index in [9.17, 15) is 14.0 Å². The first kappa shape index (κ1) is 17.4. The molecule has 0 aliphatic rings. The maximum absolute atomic E-state index is 14.0. The number of hydrogen-bond acceptors (Lipinski definition) is 4. The molecule has 3 aromatic carbocycles. The molecule has 1 amide bonds. The van der Waals surface area contributed by atoms with E-state index in [2.05, 4.69) is 5.32 Å². The van der Waals surface area contributed by atoms with Crippen LogP contribution < -0.4 is 14.8 Å². The lowest BCUT2D eigenvalue weighted by atomic mass is 10.1. The average molecular weight is 353 g/mol. The van der Waals surface area contributed by atoms with E-state index in [0.717, 1.165) is 16.8 Å². The summed E-state index contributed by atoms with van der Waals surface area (Å²) < 4.78 is 24.5. The van der Waals surface area contributed by atoms with Crippen molar-refractivity contribution in [2.45, 2.75) is 6.92 Å². The zero-order chi connectivity index (χ0) is 18.7. The standard InChI is InChI=1S/C20H16FNO4/c1-12(23)22-15-5-8-19(21)18(11-15)20(24)26-17-7-4-13-3-6-16(25-2)9-14(13)10-17/h3-11H,1-2H3,(H,22,23). The fourth-order valence-corrected chi connectivity index (χ4v) is 2.52. The first-order valence-electron chi connectivity index (χ1n) is 7.83. The Morgan fingerprint density at radius 3 is 2.31 bits per heavy atom. The molecule has 0 heterocycles. The van der Waals surface area contributed by atoms with Crippen LogP contribution in [0.4, 0.5) is 10.1 Å². The van der Waals surface area contributed by atoms with Crippen LogP contribution in [-0.2, 0) is 4.79 Å². The minimum absolute atomic E-state index is 0.262. The van der Waals surface area contributed by atoms with Gasteiger partial charge >= 0.3 is 5.97 Å². The van der Waals surface area contributed by atoms with Crippen molar-refractivity contribution in [1.29, 1.82) is 0 Å². The summed E-state index contributed by atoms with van der Waals surface area (Å²) in [5, 5.41) is 4.27. The summed E-state index contributed by atoms with van der Waals surface area (Å²) in [7, 11) is 1.57. The lowest BCUT2D eigenvalue weighted by molar-refractivity contribution is -0.114. The molecule has 0 atom stereocenters. The number of fused-ring (bicyclic) bond motifs is 1. The van der Waals surface area contributed by atoms with E-state index in [1.807, 2.05) is 18.2 Å². The zero-order valence-electron chi connectivity index (χ0n) is 14.2. The molecule has 0 aromatic heterocycles. The summed E-state index contributed by atoms with van der Waals surface area (Å²) >= 11 is 0. The molecule has 3 rings (SSSR count). The van der Waals surface area contributed by atoms with E-state index in [1.54, 1.807) is 25.3 Å². The highest BCUT2D eigenvalue weighted by Crippen LogP contribution is 2.26. The minimum Gasteiger partial charge on any atom is -0.497 e. The number of hydrogen-bond donors (Lipinski definition) is 1. The van der Waals surface area contributed by atoms with Gasteiger partial charge in [0.05, 0.1) is 12.7 Å². The number of halogens is 1. The molecule has 0 saturated carbocycles. The van der Waals surface area contributed by atoms with Gasteiger partial charge in [0.1, 0.15) is 17.3 Å². The van der Waals surface area contributed by atoms with Crippen molar-refractivity contribution in [1.82, 2.24) is 0 Å². The van der Waals surface area contributed by atoms with Gasteiger partial charge in [-0.25, -0.2) is 9.18 Å². The van der Waals surface area contributed by atoms with E-state index in [4.69, 9.17) is 9.47 Å². The smallest absolute Gasteiger partial charge is 0.346 e. The molecular formula is C20H16FNO4. The molecule has 6 heteroatoms. The highest BCUT2D eigenvalue weighted by atomic mass is 19.1. The fourth-order valence-electron chi connectivity index (χ4n) is 2.52. The van der Waals surface area contributed by atoms with Gasteiger partial charge in [0.15, 0.2) is 0 Å². The first-order valence-corrected chi connectivity index (χ1v) is 7.83. The maximum atomic E-state index is 14.0. The molecular weight excluding hydrogens is 337 g/mol. The largest absolute Gasteiger partial charge is 0.497 e. The summed E-state index contributed by atoms with van der Waals surface area (Å²) in [5.41, 5.74) is 0.0519. The van der Waals surface area contributed by atoms with Crippen LogP contribution in [0.2, 0.25) is 0 Å². The monoisotopic (exact) mass is 353 g/mol. The number of ether oxygens (including phenoxy) is 2. The van der Waals surface area contributed by atoms with Gasteiger partial charge in [0.25, 0.3) is 0 Å². The SMILES string of the molecule is COc1ccc2ccc(OC(=O)c3cc(NC(C)=O)ccc3F)cc2c1. The quantitative estimate of drug-likeness (QED) is 0.565. The van der Waals surface area contributed by atoms with Gasteiger partial charge in [0.2, 0.25) is 5.91 Å². The third kappa shape index (κ3) is 3.80. The Morgan fingerprint density at radius 1 is 0.923 bits per heavy atom. The number of rotatable bonds is 4. The van der Waals surface area contributed by atoms with Gasteiger partial charge in [-0.15, -0.1) is 0 Å². The van der Waals surface area contributed by atoms with Crippen molar-refractivity contribution in [3.8, 4) is 11.5 Å². The van der Waals surface area contributed by atoms with Crippen LogP contribution >= 0.6 is 0 Å². The molecule has 0 aliphatic heterocycles. The van der Waals surface area contributed by atoms with Crippen molar-refractivity contribution < 1.29 is 23.5 Å². The second-order valence-electron chi connectivity index (χ2n) is 5.64. The third-order valence-electron chi connectivity index (χ3n) is 3.74. The Bertz CT molecular complexity index is 1000. The number of nitrogens with one attached hydrogen (secondary N) is 1. The number of anilines is 1. The van der Waals surface area contributed by atoms with Gasteiger partial charge in [-0.05, 0) is 53.2 Å². The van der Waals surface area contributed by atoms with Gasteiger partial charge in [0, 0.05) is 12.6 Å². The molecule has 132 valence electrons. The van der Waals surface area contributed by atoms with Crippen molar-refractivity contribution >= 4 is 28.3 Å². The maximum Gasteiger partial charge on any atom is 0.346 e. The molecule has 0 unspecified atom stereocenters. The fraction of sp³-hybridized carbons (Fsp3) is 0.100. The van der Waals surface area contributed by atoms with Gasteiger partial charge in [-0.2, -0.15) is 0 Å². The molecule has 1 N–H and O–H groups in total. The number of carbonyl (C=O) groups is 2. The Kier molecular flexibility index (Phi) is 4.84. The van der Waals surface area contributed by atoms with Crippen LogP contribution in [0.5, 0.6) is 11.5 Å². The molecule has 0 spiro atoms. The second-order valence-corrected chi connectivity index (χ2v) is 5.64. The van der Waals surface area contributed by atoms with Crippen LogP contribution in [0.25, 0.3) is 10.8 Å². The summed E-state index contributed by atoms with van der Waals surface area (Å²) in [4.78, 5) is 23.4. The van der Waals surface area contributed by atoms with E-state index in [-0.39, 0.29) is 17.2 Å². The van der Waals surface area contributed by atoms with E-state index in [0.29, 0.717) is 11.4 Å². The van der Waals surface area contributed by atoms with Gasteiger partial charge in [-0.1, -0.05) is 12.1 Å². The van der Waals surface area contributed by atoms with Crippen molar-refractivity contribution in [2.24, 2.45) is 0 Å². The normalized spacial score (nSPS) is 10.4. The topological polar surface area (TPSA) is 64.6 Å². The summed E-state index contributed by atoms with van der Waals surface area (Å²) in [6.45, 7) is 1.32. The molecule has 0 aliphatic carbocycles. The molecule has 5 nitrogen and oxygen atoms in total.